The van der Waals surface area contributed by atoms with E-state index in [0.29, 0.717) is 23.1 Å². The molecule has 0 unspecified atom stereocenters. The van der Waals surface area contributed by atoms with Gasteiger partial charge < -0.3 is 19.5 Å². The van der Waals surface area contributed by atoms with Crippen LogP contribution < -0.4 is 14.4 Å². The van der Waals surface area contributed by atoms with Gasteiger partial charge in [-0.2, -0.15) is 0 Å². The molecule has 1 fully saturated rings. The Morgan fingerprint density at radius 3 is 2.62 bits per heavy atom. The lowest BCUT2D eigenvalue weighted by molar-refractivity contribution is 0.0697. The molecule has 6 nitrogen and oxygen atoms in total. The first-order valence-electron chi connectivity index (χ1n) is 10.6. The number of ether oxygens (including phenoxy) is 2. The molecule has 1 saturated carbocycles. The standard InChI is InChI=1S/C25H25ClN2O4/c1-31-23-10-9-20(14-24(23)32-21-7-2-3-8-21)28(16-18-11-12-27-15-22(18)26)19-6-4-5-17(13-19)25(29)30/h4-6,9-15,21H,2-3,7-8,16H2,1H3,(H,29,30). The summed E-state index contributed by atoms with van der Waals surface area (Å²) in [6.07, 6.45) is 7.87. The second-order valence-corrected chi connectivity index (χ2v) is 8.18. The highest BCUT2D eigenvalue weighted by Gasteiger charge is 2.21. The first-order valence-corrected chi connectivity index (χ1v) is 11.0. The molecule has 7 heteroatoms. The van der Waals surface area contributed by atoms with Crippen LogP contribution in [0.25, 0.3) is 0 Å². The third kappa shape index (κ3) is 4.97. The summed E-state index contributed by atoms with van der Waals surface area (Å²) in [7, 11) is 1.63. The van der Waals surface area contributed by atoms with E-state index in [4.69, 9.17) is 21.1 Å². The molecule has 1 aliphatic carbocycles. The van der Waals surface area contributed by atoms with Crippen molar-refractivity contribution in [3.63, 3.8) is 0 Å². The van der Waals surface area contributed by atoms with Crippen molar-refractivity contribution in [1.29, 1.82) is 0 Å². The van der Waals surface area contributed by atoms with E-state index >= 15 is 0 Å². The highest BCUT2D eigenvalue weighted by molar-refractivity contribution is 6.31. The number of carboxylic acids is 1. The van der Waals surface area contributed by atoms with Crippen molar-refractivity contribution in [1.82, 2.24) is 4.98 Å². The predicted octanol–water partition coefficient (Wildman–Crippen LogP) is 6.10. The number of methoxy groups -OCH3 is 1. The molecular formula is C25H25ClN2O4. The van der Waals surface area contributed by atoms with Crippen molar-refractivity contribution in [2.75, 3.05) is 12.0 Å². The molecule has 0 spiro atoms. The molecule has 4 rings (SSSR count). The van der Waals surface area contributed by atoms with Crippen LogP contribution in [0.5, 0.6) is 11.5 Å². The third-order valence-electron chi connectivity index (χ3n) is 5.64. The van der Waals surface area contributed by atoms with E-state index < -0.39 is 5.97 Å². The zero-order valence-corrected chi connectivity index (χ0v) is 18.6. The van der Waals surface area contributed by atoms with Gasteiger partial charge in [0.15, 0.2) is 11.5 Å². The van der Waals surface area contributed by atoms with Gasteiger partial charge in [-0.1, -0.05) is 17.7 Å². The Kier molecular flexibility index (Phi) is 6.81. The summed E-state index contributed by atoms with van der Waals surface area (Å²) in [6, 6.07) is 14.5. The van der Waals surface area contributed by atoms with Crippen LogP contribution in [0.15, 0.2) is 60.9 Å². The van der Waals surface area contributed by atoms with E-state index in [1.54, 1.807) is 37.7 Å². The van der Waals surface area contributed by atoms with Gasteiger partial charge in [0.25, 0.3) is 0 Å². The topological polar surface area (TPSA) is 71.9 Å². The van der Waals surface area contributed by atoms with E-state index in [0.717, 1.165) is 29.8 Å². The lowest BCUT2D eigenvalue weighted by Gasteiger charge is -2.27. The van der Waals surface area contributed by atoms with Crippen LogP contribution in [0.1, 0.15) is 41.6 Å². The summed E-state index contributed by atoms with van der Waals surface area (Å²) in [4.78, 5) is 17.6. The number of halogens is 1. The summed E-state index contributed by atoms with van der Waals surface area (Å²) in [5.41, 5.74) is 2.66. The van der Waals surface area contributed by atoms with E-state index in [1.807, 2.05) is 35.2 Å². The van der Waals surface area contributed by atoms with Crippen LogP contribution in [-0.2, 0) is 6.54 Å². The molecule has 1 N–H and O–H groups in total. The van der Waals surface area contributed by atoms with Crippen LogP contribution in [0, 0.1) is 0 Å². The minimum atomic E-state index is -0.978. The van der Waals surface area contributed by atoms with Crippen LogP contribution in [0.4, 0.5) is 11.4 Å². The lowest BCUT2D eigenvalue weighted by Crippen LogP contribution is -2.18. The van der Waals surface area contributed by atoms with Crippen LogP contribution >= 0.6 is 11.6 Å². The molecule has 1 aliphatic rings. The quantitative estimate of drug-likeness (QED) is 0.445. The van der Waals surface area contributed by atoms with Crippen molar-refractivity contribution in [2.24, 2.45) is 0 Å². The van der Waals surface area contributed by atoms with E-state index in [9.17, 15) is 9.90 Å². The van der Waals surface area contributed by atoms with Gasteiger partial charge in [0.2, 0.25) is 0 Å². The number of anilines is 2. The number of carboxylic acid groups (broad SMARTS) is 1. The Bertz CT molecular complexity index is 1100. The number of nitrogens with zero attached hydrogens (tertiary/aromatic N) is 2. The fourth-order valence-corrected chi connectivity index (χ4v) is 4.13. The van der Waals surface area contributed by atoms with E-state index in [-0.39, 0.29) is 11.7 Å². The van der Waals surface area contributed by atoms with Crippen molar-refractivity contribution in [2.45, 2.75) is 38.3 Å². The predicted molar refractivity (Wildman–Crippen MR) is 124 cm³/mol. The summed E-state index contributed by atoms with van der Waals surface area (Å²) in [5, 5.41) is 10.0. The minimum absolute atomic E-state index is 0.178. The maximum atomic E-state index is 11.6. The average Bonchev–Trinajstić information content (AvgIpc) is 3.32. The van der Waals surface area contributed by atoms with E-state index in [2.05, 4.69) is 4.98 Å². The molecule has 1 aromatic heterocycles. The molecule has 0 saturated heterocycles. The third-order valence-corrected chi connectivity index (χ3v) is 5.98. The number of hydrogen-bond acceptors (Lipinski definition) is 5. The van der Waals surface area contributed by atoms with Gasteiger partial charge in [-0.25, -0.2) is 4.79 Å². The van der Waals surface area contributed by atoms with Gasteiger partial charge in [-0.15, -0.1) is 0 Å². The summed E-state index contributed by atoms with van der Waals surface area (Å²) in [6.45, 7) is 0.430. The molecule has 3 aromatic rings. The molecule has 32 heavy (non-hydrogen) atoms. The van der Waals surface area contributed by atoms with Crippen molar-refractivity contribution in [3.05, 3.63) is 77.1 Å². The van der Waals surface area contributed by atoms with Crippen LogP contribution in [0.3, 0.4) is 0 Å². The smallest absolute Gasteiger partial charge is 0.335 e. The first-order chi connectivity index (χ1) is 15.5. The number of aromatic nitrogens is 1. The van der Waals surface area contributed by atoms with Gasteiger partial charge in [0, 0.05) is 36.4 Å². The monoisotopic (exact) mass is 452 g/mol. The minimum Gasteiger partial charge on any atom is -0.493 e. The zero-order valence-electron chi connectivity index (χ0n) is 17.8. The van der Waals surface area contributed by atoms with Gasteiger partial charge >= 0.3 is 5.97 Å². The molecule has 0 atom stereocenters. The second kappa shape index (κ2) is 9.92. The molecular weight excluding hydrogens is 428 g/mol. The summed E-state index contributed by atoms with van der Waals surface area (Å²) in [5.74, 6) is 0.368. The molecule has 0 aliphatic heterocycles. The molecule has 1 heterocycles. The fraction of sp³-hybridized carbons (Fsp3) is 0.280. The van der Waals surface area contributed by atoms with E-state index in [1.165, 1.54) is 12.8 Å². The molecule has 0 bridgehead atoms. The number of aromatic carboxylic acids is 1. The average molecular weight is 453 g/mol. The van der Waals surface area contributed by atoms with Gasteiger partial charge in [0.1, 0.15) is 0 Å². The molecule has 0 radical (unpaired) electrons. The Balaban J connectivity index is 1.76. The normalized spacial score (nSPS) is 13.7. The van der Waals surface area contributed by atoms with Crippen LogP contribution in [0.2, 0.25) is 5.02 Å². The molecule has 0 amide bonds. The highest BCUT2D eigenvalue weighted by atomic mass is 35.5. The lowest BCUT2D eigenvalue weighted by atomic mass is 10.1. The maximum absolute atomic E-state index is 11.6. The van der Waals surface area contributed by atoms with Gasteiger partial charge in [-0.3, -0.25) is 4.98 Å². The second-order valence-electron chi connectivity index (χ2n) is 7.77. The Labute approximate surface area is 192 Å². The zero-order chi connectivity index (χ0) is 22.5. The highest BCUT2D eigenvalue weighted by Crippen LogP contribution is 2.38. The van der Waals surface area contributed by atoms with Gasteiger partial charge in [-0.05, 0) is 67.6 Å². The van der Waals surface area contributed by atoms with Gasteiger partial charge in [0.05, 0.1) is 23.8 Å². The Morgan fingerprint density at radius 1 is 1.12 bits per heavy atom. The number of hydrogen-bond donors (Lipinski definition) is 1. The number of rotatable bonds is 8. The largest absolute Gasteiger partial charge is 0.493 e. The molecule has 2 aromatic carbocycles. The van der Waals surface area contributed by atoms with Crippen LogP contribution in [-0.4, -0.2) is 29.3 Å². The molecule has 166 valence electrons. The Hall–Kier alpha value is -3.25. The van der Waals surface area contributed by atoms with Crippen molar-refractivity contribution < 1.29 is 19.4 Å². The number of pyridine rings is 1. The van der Waals surface area contributed by atoms with Crippen molar-refractivity contribution in [3.8, 4) is 11.5 Å². The maximum Gasteiger partial charge on any atom is 0.335 e. The fourth-order valence-electron chi connectivity index (χ4n) is 3.95. The number of carbonyl (C=O) groups is 1. The first kappa shape index (κ1) is 22.0. The van der Waals surface area contributed by atoms with Crippen molar-refractivity contribution >= 4 is 28.9 Å². The number of benzene rings is 2. The Morgan fingerprint density at radius 2 is 1.91 bits per heavy atom. The summed E-state index contributed by atoms with van der Waals surface area (Å²) < 4.78 is 11.8. The summed E-state index contributed by atoms with van der Waals surface area (Å²) >= 11 is 6.39. The SMILES string of the molecule is COc1ccc(N(Cc2ccncc2Cl)c2cccc(C(=O)O)c2)cc1OC1CCCC1.